The summed E-state index contributed by atoms with van der Waals surface area (Å²) in [6, 6.07) is 0. The van der Waals surface area contributed by atoms with E-state index in [4.69, 9.17) is 47.4 Å². The van der Waals surface area contributed by atoms with Gasteiger partial charge in [0.1, 0.15) is 13.2 Å². The molecular formula is C34H62O12. The second-order valence-electron chi connectivity index (χ2n) is 13.1. The van der Waals surface area contributed by atoms with Crippen LogP contribution in [-0.2, 0) is 57.0 Å². The molecule has 0 amide bonds. The number of carbonyl (C=O) groups is 2. The molecule has 0 aliphatic carbocycles. The van der Waals surface area contributed by atoms with E-state index < -0.39 is 0 Å². The third-order valence-corrected chi connectivity index (χ3v) is 9.44. The molecule has 0 aromatic heterocycles. The lowest BCUT2D eigenvalue weighted by molar-refractivity contribution is -0.258. The van der Waals surface area contributed by atoms with Gasteiger partial charge < -0.3 is 47.4 Å². The minimum atomic E-state index is -0.354. The quantitative estimate of drug-likeness (QED) is 0.122. The van der Waals surface area contributed by atoms with Crippen molar-refractivity contribution in [2.24, 2.45) is 41.4 Å². The Balaban J connectivity index is 1.44. The summed E-state index contributed by atoms with van der Waals surface area (Å²) in [7, 11) is 0. The summed E-state index contributed by atoms with van der Waals surface area (Å²) in [5.74, 6) is 1.38. The van der Waals surface area contributed by atoms with Crippen molar-refractivity contribution in [2.45, 2.75) is 87.1 Å². The van der Waals surface area contributed by atoms with Gasteiger partial charge in [-0.15, -0.1) is 0 Å². The van der Waals surface area contributed by atoms with E-state index >= 15 is 0 Å². The molecule has 0 aromatic rings. The average molecular weight is 663 g/mol. The number of hydrogen-bond donors (Lipinski definition) is 0. The van der Waals surface area contributed by atoms with E-state index in [1.54, 1.807) is 0 Å². The predicted octanol–water partition coefficient (Wildman–Crippen LogP) is 4.11. The minimum Gasteiger partial charge on any atom is -0.463 e. The first kappa shape index (κ1) is 40.8. The molecule has 12 heteroatoms. The van der Waals surface area contributed by atoms with Gasteiger partial charge in [0.15, 0.2) is 12.6 Å². The normalized spacial score (nSPS) is 32.2. The third kappa shape index (κ3) is 14.8. The van der Waals surface area contributed by atoms with Crippen LogP contribution in [0.25, 0.3) is 0 Å². The smallest absolute Gasteiger partial charge is 0.302 e. The SMILES string of the molecule is CC(=O)OCC1OC(OCCOCCOCC(C)COCCOCCOC2OC(COC(C)=O)C(C)C(C)C2C)C(C)C(C)C1C. The van der Waals surface area contributed by atoms with E-state index in [-0.39, 0.29) is 79.5 Å². The first-order chi connectivity index (χ1) is 21.9. The molecule has 46 heavy (non-hydrogen) atoms. The molecule has 2 aliphatic heterocycles. The minimum absolute atomic E-state index is 0.178. The van der Waals surface area contributed by atoms with Crippen LogP contribution in [-0.4, -0.2) is 116 Å². The summed E-state index contributed by atoms with van der Waals surface area (Å²) in [6.07, 6.45) is -1.06. The van der Waals surface area contributed by atoms with Crippen molar-refractivity contribution in [3.63, 3.8) is 0 Å². The largest absolute Gasteiger partial charge is 0.463 e. The highest BCUT2D eigenvalue weighted by Gasteiger charge is 2.41. The fourth-order valence-electron chi connectivity index (χ4n) is 5.64. The maximum Gasteiger partial charge on any atom is 0.302 e. The number of esters is 2. The summed E-state index contributed by atoms with van der Waals surface area (Å²) in [5.41, 5.74) is 0. The maximum atomic E-state index is 11.2. The van der Waals surface area contributed by atoms with Crippen LogP contribution in [0, 0.1) is 41.4 Å². The average Bonchev–Trinajstić information content (AvgIpc) is 3.01. The summed E-state index contributed by atoms with van der Waals surface area (Å²) in [4.78, 5) is 22.4. The molecule has 2 fully saturated rings. The van der Waals surface area contributed by atoms with Gasteiger partial charge in [-0.25, -0.2) is 0 Å². The molecule has 2 aliphatic rings. The molecule has 2 saturated heterocycles. The molecule has 2 heterocycles. The highest BCUT2D eigenvalue weighted by molar-refractivity contribution is 5.66. The monoisotopic (exact) mass is 662 g/mol. The van der Waals surface area contributed by atoms with Crippen molar-refractivity contribution in [3.05, 3.63) is 0 Å². The first-order valence-electron chi connectivity index (χ1n) is 17.0. The Bertz CT molecular complexity index is 777. The van der Waals surface area contributed by atoms with Gasteiger partial charge in [-0.2, -0.15) is 0 Å². The Morgan fingerprint density at radius 1 is 0.522 bits per heavy atom. The third-order valence-electron chi connectivity index (χ3n) is 9.44. The second-order valence-corrected chi connectivity index (χ2v) is 13.1. The van der Waals surface area contributed by atoms with E-state index in [1.807, 2.05) is 0 Å². The zero-order valence-electron chi connectivity index (χ0n) is 29.7. The molecule has 10 unspecified atom stereocenters. The Labute approximate surface area is 276 Å². The second kappa shape index (κ2) is 22.3. The van der Waals surface area contributed by atoms with Crippen molar-refractivity contribution in [3.8, 4) is 0 Å². The van der Waals surface area contributed by atoms with Gasteiger partial charge in [0.25, 0.3) is 0 Å². The van der Waals surface area contributed by atoms with Gasteiger partial charge in [-0.3, -0.25) is 9.59 Å². The van der Waals surface area contributed by atoms with Crippen LogP contribution in [0.4, 0.5) is 0 Å². The van der Waals surface area contributed by atoms with Gasteiger partial charge in [0, 0.05) is 31.6 Å². The lowest BCUT2D eigenvalue weighted by atomic mass is 9.79. The summed E-state index contributed by atoms with van der Waals surface area (Å²) >= 11 is 0. The van der Waals surface area contributed by atoms with E-state index in [0.717, 1.165) is 0 Å². The van der Waals surface area contributed by atoms with Gasteiger partial charge in [0.05, 0.1) is 78.3 Å². The molecule has 0 spiro atoms. The van der Waals surface area contributed by atoms with Crippen molar-refractivity contribution < 1.29 is 57.0 Å². The van der Waals surface area contributed by atoms with Crippen molar-refractivity contribution >= 4 is 11.9 Å². The molecule has 10 atom stereocenters. The molecule has 0 aromatic carbocycles. The Hall–Kier alpha value is -1.38. The fraction of sp³-hybridized carbons (Fsp3) is 0.941. The molecular weight excluding hydrogens is 600 g/mol. The molecule has 0 saturated carbocycles. The van der Waals surface area contributed by atoms with Crippen LogP contribution in [0.15, 0.2) is 0 Å². The van der Waals surface area contributed by atoms with Gasteiger partial charge >= 0.3 is 11.9 Å². The molecule has 0 N–H and O–H groups in total. The van der Waals surface area contributed by atoms with Gasteiger partial charge in [0.2, 0.25) is 0 Å². The highest BCUT2D eigenvalue weighted by atomic mass is 16.7. The first-order valence-corrected chi connectivity index (χ1v) is 17.0. The zero-order chi connectivity index (χ0) is 34.1. The van der Waals surface area contributed by atoms with Crippen molar-refractivity contribution in [1.29, 1.82) is 0 Å². The van der Waals surface area contributed by atoms with Gasteiger partial charge in [-0.05, 0) is 23.7 Å². The van der Waals surface area contributed by atoms with Crippen LogP contribution >= 0.6 is 0 Å². The zero-order valence-corrected chi connectivity index (χ0v) is 29.7. The maximum absolute atomic E-state index is 11.2. The Kier molecular flexibility index (Phi) is 19.8. The number of carbonyl (C=O) groups excluding carboxylic acids is 2. The van der Waals surface area contributed by atoms with E-state index in [0.29, 0.717) is 77.9 Å². The van der Waals surface area contributed by atoms with Crippen molar-refractivity contribution in [1.82, 2.24) is 0 Å². The predicted molar refractivity (Wildman–Crippen MR) is 170 cm³/mol. The topological polar surface area (TPSA) is 126 Å². The standard InChI is InChI=1S/C34H62O12/c1-22(18-39-12-10-37-14-16-41-33-27(6)23(2)25(4)31(45-33)20-43-29(8)35)19-40-13-11-38-15-17-42-34-28(7)24(3)26(5)32(46-34)21-44-30(9)36/h22-28,31-34H,10-21H2,1-9H3. The number of rotatable bonds is 22. The molecule has 0 bridgehead atoms. The van der Waals surface area contributed by atoms with Crippen LogP contribution in [0.2, 0.25) is 0 Å². The summed E-state index contributed by atoms with van der Waals surface area (Å²) < 4.78 is 57.2. The van der Waals surface area contributed by atoms with Crippen LogP contribution in [0.5, 0.6) is 0 Å². The van der Waals surface area contributed by atoms with Crippen LogP contribution in [0.1, 0.15) is 62.3 Å². The van der Waals surface area contributed by atoms with Crippen molar-refractivity contribution in [2.75, 3.05) is 79.3 Å². The lowest BCUT2D eigenvalue weighted by Crippen LogP contribution is -2.48. The van der Waals surface area contributed by atoms with E-state index in [1.165, 1.54) is 13.8 Å². The number of ether oxygens (including phenoxy) is 10. The van der Waals surface area contributed by atoms with E-state index in [2.05, 4.69) is 48.5 Å². The van der Waals surface area contributed by atoms with Gasteiger partial charge in [-0.1, -0.05) is 48.5 Å². The van der Waals surface area contributed by atoms with E-state index in [9.17, 15) is 9.59 Å². The summed E-state index contributed by atoms with van der Waals surface area (Å²) in [5, 5.41) is 0. The fourth-order valence-corrected chi connectivity index (χ4v) is 5.64. The van der Waals surface area contributed by atoms with Crippen LogP contribution < -0.4 is 0 Å². The molecule has 12 nitrogen and oxygen atoms in total. The lowest BCUT2D eigenvalue weighted by Gasteiger charge is -2.43. The molecule has 270 valence electrons. The Morgan fingerprint density at radius 2 is 0.870 bits per heavy atom. The summed E-state index contributed by atoms with van der Waals surface area (Å²) in [6.45, 7) is 23.0. The Morgan fingerprint density at radius 3 is 1.24 bits per heavy atom. The molecule has 2 rings (SSSR count). The highest BCUT2D eigenvalue weighted by Crippen LogP contribution is 2.36. The molecule has 0 radical (unpaired) electrons. The number of hydrogen-bond acceptors (Lipinski definition) is 12. The van der Waals surface area contributed by atoms with Crippen LogP contribution in [0.3, 0.4) is 0 Å².